The first-order valence-electron chi connectivity index (χ1n) is 9.77. The van der Waals surface area contributed by atoms with Crippen LogP contribution < -0.4 is 0 Å². The molecule has 1 aromatic carbocycles. The second-order valence-electron chi connectivity index (χ2n) is 8.79. The summed E-state index contributed by atoms with van der Waals surface area (Å²) in [6, 6.07) is 7.48. The number of ether oxygens (including phenoxy) is 2. The molecule has 3 atom stereocenters. The smallest absolute Gasteiger partial charge is 0.410 e. The van der Waals surface area contributed by atoms with E-state index in [9.17, 15) is 9.59 Å². The zero-order valence-corrected chi connectivity index (χ0v) is 19.1. The maximum absolute atomic E-state index is 12.6. The fraction of sp³-hybridized carbons (Fsp3) is 0.619. The van der Waals surface area contributed by atoms with Crippen molar-refractivity contribution >= 4 is 46.9 Å². The monoisotopic (exact) mass is 461 g/mol. The van der Waals surface area contributed by atoms with Crippen LogP contribution in [0.15, 0.2) is 24.3 Å². The zero-order chi connectivity index (χ0) is 21.4. The quantitative estimate of drug-likeness (QED) is 0.431. The van der Waals surface area contributed by atoms with Crippen LogP contribution in [0.2, 0.25) is 0 Å². The summed E-state index contributed by atoms with van der Waals surface area (Å²) in [5.41, 5.74) is 1.72. The maximum Gasteiger partial charge on any atom is 0.410 e. The van der Waals surface area contributed by atoms with Gasteiger partial charge >= 0.3 is 12.1 Å². The van der Waals surface area contributed by atoms with E-state index in [0.717, 1.165) is 18.4 Å². The minimum Gasteiger partial charge on any atom is -0.459 e. The van der Waals surface area contributed by atoms with Gasteiger partial charge in [0.05, 0.1) is 5.56 Å². The van der Waals surface area contributed by atoms with Crippen LogP contribution in [0.1, 0.15) is 62.4 Å². The van der Waals surface area contributed by atoms with Crippen molar-refractivity contribution in [2.75, 3.05) is 6.61 Å². The first-order chi connectivity index (χ1) is 13.4. The number of piperidine rings is 1. The van der Waals surface area contributed by atoms with Gasteiger partial charge in [-0.25, -0.2) is 9.59 Å². The van der Waals surface area contributed by atoms with Crippen molar-refractivity contribution in [2.45, 2.75) is 73.8 Å². The van der Waals surface area contributed by atoms with Gasteiger partial charge < -0.3 is 14.4 Å². The molecule has 29 heavy (non-hydrogen) atoms. The number of benzene rings is 1. The van der Waals surface area contributed by atoms with E-state index in [1.54, 1.807) is 17.0 Å². The SMILES string of the molecule is CC(C)(C)c1ccc(C(=O)OC2C[C@H]3CC[C@@H](C2)N3C(=O)OCC(Cl)(Cl)Cl)cc1. The average molecular weight is 463 g/mol. The number of halogens is 3. The van der Waals surface area contributed by atoms with Gasteiger partial charge in [-0.05, 0) is 36.0 Å². The lowest BCUT2D eigenvalue weighted by Gasteiger charge is -2.37. The van der Waals surface area contributed by atoms with Crippen molar-refractivity contribution in [3.8, 4) is 0 Å². The molecule has 2 aliphatic rings. The Balaban J connectivity index is 1.57. The fourth-order valence-electron chi connectivity index (χ4n) is 4.07. The number of alkyl halides is 3. The molecule has 0 aliphatic carbocycles. The summed E-state index contributed by atoms with van der Waals surface area (Å²) in [6.45, 7) is 6.09. The zero-order valence-electron chi connectivity index (χ0n) is 16.8. The number of amides is 1. The molecule has 0 spiro atoms. The number of rotatable bonds is 3. The molecule has 2 fully saturated rings. The molecule has 1 aromatic rings. The first kappa shape index (κ1) is 22.5. The van der Waals surface area contributed by atoms with Crippen LogP contribution in [0.3, 0.4) is 0 Å². The van der Waals surface area contributed by atoms with Crippen molar-refractivity contribution in [1.29, 1.82) is 0 Å². The Morgan fingerprint density at radius 2 is 1.59 bits per heavy atom. The molecule has 2 aliphatic heterocycles. The van der Waals surface area contributed by atoms with E-state index >= 15 is 0 Å². The van der Waals surface area contributed by atoms with Crippen LogP contribution in [0.5, 0.6) is 0 Å². The number of carbonyl (C=O) groups excluding carboxylic acids is 2. The molecule has 0 aromatic heterocycles. The van der Waals surface area contributed by atoms with Gasteiger partial charge in [0.1, 0.15) is 12.7 Å². The van der Waals surface area contributed by atoms with E-state index in [2.05, 4.69) is 20.8 Å². The molecule has 2 saturated heterocycles. The molecule has 2 heterocycles. The maximum atomic E-state index is 12.6. The highest BCUT2D eigenvalue weighted by atomic mass is 35.6. The standard InChI is InChI=1S/C21H26Cl3NO4/c1-20(2,3)14-6-4-13(5-7-14)18(26)29-17-10-15-8-9-16(11-17)25(15)19(27)28-12-21(22,23)24/h4-7,15-17H,8-12H2,1-3H3/t15-,16+,17?. The summed E-state index contributed by atoms with van der Waals surface area (Å²) < 4.78 is 9.25. The molecule has 160 valence electrons. The number of hydrogen-bond acceptors (Lipinski definition) is 4. The van der Waals surface area contributed by atoms with Gasteiger partial charge in [0.15, 0.2) is 0 Å². The predicted octanol–water partition coefficient (Wildman–Crippen LogP) is 5.64. The molecule has 1 unspecified atom stereocenters. The molecular formula is C21H26Cl3NO4. The summed E-state index contributed by atoms with van der Waals surface area (Å²) in [5, 5.41) is 0. The third-order valence-electron chi connectivity index (χ3n) is 5.52. The predicted molar refractivity (Wildman–Crippen MR) is 114 cm³/mol. The van der Waals surface area contributed by atoms with Crippen LogP contribution in [-0.4, -0.2) is 45.5 Å². The number of carbonyl (C=O) groups is 2. The largest absolute Gasteiger partial charge is 0.459 e. The molecule has 2 bridgehead atoms. The summed E-state index contributed by atoms with van der Waals surface area (Å²) >= 11 is 17.0. The van der Waals surface area contributed by atoms with Gasteiger partial charge in [-0.2, -0.15) is 0 Å². The number of hydrogen-bond donors (Lipinski definition) is 0. The highest BCUT2D eigenvalue weighted by molar-refractivity contribution is 6.67. The van der Waals surface area contributed by atoms with Crippen LogP contribution in [0.25, 0.3) is 0 Å². The third-order valence-corrected chi connectivity index (χ3v) is 5.85. The Hall–Kier alpha value is -1.17. The normalized spacial score (nSPS) is 24.3. The Kier molecular flexibility index (Phi) is 6.62. The summed E-state index contributed by atoms with van der Waals surface area (Å²) in [4.78, 5) is 26.7. The Morgan fingerprint density at radius 1 is 1.03 bits per heavy atom. The molecule has 5 nitrogen and oxygen atoms in total. The second-order valence-corrected chi connectivity index (χ2v) is 11.3. The number of fused-ring (bicyclic) bond motifs is 2. The lowest BCUT2D eigenvalue weighted by Crippen LogP contribution is -2.49. The van der Waals surface area contributed by atoms with E-state index in [0.29, 0.717) is 18.4 Å². The lowest BCUT2D eigenvalue weighted by atomic mass is 9.87. The van der Waals surface area contributed by atoms with E-state index in [4.69, 9.17) is 44.3 Å². The van der Waals surface area contributed by atoms with Gasteiger partial charge in [-0.15, -0.1) is 0 Å². The summed E-state index contributed by atoms with van der Waals surface area (Å²) in [5.74, 6) is -0.331. The Morgan fingerprint density at radius 3 is 2.07 bits per heavy atom. The van der Waals surface area contributed by atoms with E-state index in [-0.39, 0.29) is 36.2 Å². The molecule has 0 saturated carbocycles. The van der Waals surface area contributed by atoms with Crippen molar-refractivity contribution in [1.82, 2.24) is 4.90 Å². The Bertz CT molecular complexity index is 741. The van der Waals surface area contributed by atoms with Crippen molar-refractivity contribution < 1.29 is 19.1 Å². The van der Waals surface area contributed by atoms with Crippen molar-refractivity contribution in [3.05, 3.63) is 35.4 Å². The van der Waals surface area contributed by atoms with Crippen LogP contribution in [0, 0.1) is 0 Å². The van der Waals surface area contributed by atoms with Crippen molar-refractivity contribution in [3.63, 3.8) is 0 Å². The first-order valence-corrected chi connectivity index (χ1v) is 10.9. The van der Waals surface area contributed by atoms with Gasteiger partial charge in [-0.1, -0.05) is 67.7 Å². The molecular weight excluding hydrogens is 437 g/mol. The van der Waals surface area contributed by atoms with Crippen LogP contribution in [-0.2, 0) is 14.9 Å². The topological polar surface area (TPSA) is 55.8 Å². The van der Waals surface area contributed by atoms with Gasteiger partial charge in [0.2, 0.25) is 3.79 Å². The van der Waals surface area contributed by atoms with Crippen LogP contribution in [0.4, 0.5) is 4.79 Å². The highest BCUT2D eigenvalue weighted by Crippen LogP contribution is 2.38. The molecule has 8 heteroatoms. The van der Waals surface area contributed by atoms with E-state index in [1.807, 2.05) is 12.1 Å². The minimum atomic E-state index is -1.63. The second kappa shape index (κ2) is 8.52. The highest BCUT2D eigenvalue weighted by Gasteiger charge is 2.45. The van der Waals surface area contributed by atoms with E-state index < -0.39 is 9.89 Å². The van der Waals surface area contributed by atoms with Crippen molar-refractivity contribution in [2.24, 2.45) is 0 Å². The minimum absolute atomic E-state index is 0.0269. The molecule has 0 N–H and O–H groups in total. The fourth-order valence-corrected chi connectivity index (χ4v) is 4.23. The number of esters is 1. The molecule has 0 radical (unpaired) electrons. The van der Waals surface area contributed by atoms with Crippen LogP contribution >= 0.6 is 34.8 Å². The molecule has 1 amide bonds. The number of nitrogens with zero attached hydrogens (tertiary/aromatic N) is 1. The summed E-state index contributed by atoms with van der Waals surface area (Å²) in [6.07, 6.45) is 2.17. The molecule has 3 rings (SSSR count). The third kappa shape index (κ3) is 5.71. The Labute approximate surface area is 186 Å². The average Bonchev–Trinajstić information content (AvgIpc) is 2.89. The van der Waals surface area contributed by atoms with Gasteiger partial charge in [0.25, 0.3) is 0 Å². The van der Waals surface area contributed by atoms with E-state index in [1.165, 1.54) is 0 Å². The lowest BCUT2D eigenvalue weighted by molar-refractivity contribution is -0.00619. The van der Waals surface area contributed by atoms with Gasteiger partial charge in [-0.3, -0.25) is 0 Å². The van der Waals surface area contributed by atoms with Gasteiger partial charge in [0, 0.05) is 24.9 Å². The summed E-state index contributed by atoms with van der Waals surface area (Å²) in [7, 11) is 0.